The number of nitrogen functional groups attached to an aromatic ring is 1. The summed E-state index contributed by atoms with van der Waals surface area (Å²) >= 11 is 1.48. The average Bonchev–Trinajstić information content (AvgIpc) is 3.22. The van der Waals surface area contributed by atoms with Gasteiger partial charge in [0, 0.05) is 18.3 Å². The lowest BCUT2D eigenvalue weighted by molar-refractivity contribution is 0.0734. The number of carbonyl (C=O) groups is 1. The summed E-state index contributed by atoms with van der Waals surface area (Å²) in [7, 11) is 0. The molecule has 2 N–H and O–H groups in total. The van der Waals surface area contributed by atoms with Crippen molar-refractivity contribution in [3.63, 3.8) is 0 Å². The third-order valence-corrected chi connectivity index (χ3v) is 4.80. The molecule has 0 atom stereocenters. The second kappa shape index (κ2) is 5.48. The van der Waals surface area contributed by atoms with Crippen molar-refractivity contribution in [1.82, 2.24) is 9.88 Å². The van der Waals surface area contributed by atoms with Crippen LogP contribution in [0.25, 0.3) is 0 Å². The zero-order valence-corrected chi connectivity index (χ0v) is 13.1. The molecule has 0 radical (unpaired) electrons. The number of nitrogens with two attached hydrogens (primary N) is 1. The number of thiazole rings is 1. The van der Waals surface area contributed by atoms with Crippen LogP contribution in [0.3, 0.4) is 0 Å². The molecule has 4 nitrogen and oxygen atoms in total. The second-order valence-corrected chi connectivity index (χ2v) is 6.71. The Morgan fingerprint density at radius 3 is 2.67 bits per heavy atom. The van der Waals surface area contributed by atoms with Crippen LogP contribution in [0.4, 0.5) is 5.69 Å². The van der Waals surface area contributed by atoms with Crippen molar-refractivity contribution in [3.05, 3.63) is 45.4 Å². The van der Waals surface area contributed by atoms with Crippen LogP contribution in [-0.4, -0.2) is 21.8 Å². The normalized spacial score (nSPS) is 14.2. The molecule has 0 spiro atoms. The van der Waals surface area contributed by atoms with Gasteiger partial charge in [-0.2, -0.15) is 0 Å². The van der Waals surface area contributed by atoms with Crippen molar-refractivity contribution >= 4 is 22.9 Å². The molecule has 1 heterocycles. The SMILES string of the molecule is Cc1nc(C)c(C(=O)N(Cc2ccccc2N)C2CC2)s1. The van der Waals surface area contributed by atoms with E-state index in [1.165, 1.54) is 11.3 Å². The molecule has 1 aromatic carbocycles. The van der Waals surface area contributed by atoms with E-state index in [1.807, 2.05) is 43.0 Å². The van der Waals surface area contributed by atoms with Gasteiger partial charge in [-0.05, 0) is 38.3 Å². The molecule has 1 aliphatic rings. The van der Waals surface area contributed by atoms with E-state index >= 15 is 0 Å². The van der Waals surface area contributed by atoms with Crippen LogP contribution in [0.15, 0.2) is 24.3 Å². The number of carbonyl (C=O) groups excluding carboxylic acids is 1. The third-order valence-electron chi connectivity index (χ3n) is 3.74. The van der Waals surface area contributed by atoms with E-state index in [0.29, 0.717) is 12.6 Å². The van der Waals surface area contributed by atoms with Crippen molar-refractivity contribution in [2.45, 2.75) is 39.3 Å². The van der Waals surface area contributed by atoms with Gasteiger partial charge in [-0.15, -0.1) is 11.3 Å². The summed E-state index contributed by atoms with van der Waals surface area (Å²) < 4.78 is 0. The molecule has 0 aliphatic heterocycles. The van der Waals surface area contributed by atoms with Gasteiger partial charge in [-0.1, -0.05) is 18.2 Å². The van der Waals surface area contributed by atoms with Gasteiger partial charge in [0.1, 0.15) is 4.88 Å². The standard InChI is InChI=1S/C16H19N3OS/c1-10-15(21-11(2)18-10)16(20)19(13-7-8-13)9-12-5-3-4-6-14(12)17/h3-6,13H,7-9,17H2,1-2H3. The summed E-state index contributed by atoms with van der Waals surface area (Å²) in [5.41, 5.74) is 8.60. The average molecular weight is 301 g/mol. The summed E-state index contributed by atoms with van der Waals surface area (Å²) in [6.45, 7) is 4.41. The van der Waals surface area contributed by atoms with E-state index in [2.05, 4.69) is 4.98 Å². The molecule has 1 aliphatic carbocycles. The summed E-state index contributed by atoms with van der Waals surface area (Å²) in [4.78, 5) is 19.9. The molecule has 21 heavy (non-hydrogen) atoms. The first-order valence-corrected chi connectivity index (χ1v) is 7.96. The van der Waals surface area contributed by atoms with Crippen LogP contribution < -0.4 is 5.73 Å². The number of hydrogen-bond acceptors (Lipinski definition) is 4. The van der Waals surface area contributed by atoms with Crippen molar-refractivity contribution in [2.75, 3.05) is 5.73 Å². The van der Waals surface area contributed by atoms with Gasteiger partial charge >= 0.3 is 0 Å². The Labute approximate surface area is 128 Å². The Balaban J connectivity index is 1.87. The van der Waals surface area contributed by atoms with Gasteiger partial charge in [0.05, 0.1) is 10.7 Å². The topological polar surface area (TPSA) is 59.2 Å². The van der Waals surface area contributed by atoms with Crippen molar-refractivity contribution < 1.29 is 4.79 Å². The fraction of sp³-hybridized carbons (Fsp3) is 0.375. The molecule has 1 aromatic heterocycles. The van der Waals surface area contributed by atoms with E-state index < -0.39 is 0 Å². The molecule has 3 rings (SSSR count). The number of hydrogen-bond donors (Lipinski definition) is 1. The zero-order chi connectivity index (χ0) is 15.0. The summed E-state index contributed by atoms with van der Waals surface area (Å²) in [5, 5.41) is 0.936. The maximum Gasteiger partial charge on any atom is 0.266 e. The van der Waals surface area contributed by atoms with Gasteiger partial charge in [-0.25, -0.2) is 4.98 Å². The molecular formula is C16H19N3OS. The van der Waals surface area contributed by atoms with Crippen molar-refractivity contribution in [1.29, 1.82) is 0 Å². The number of benzene rings is 1. The van der Waals surface area contributed by atoms with Crippen LogP contribution in [0.2, 0.25) is 0 Å². The molecule has 0 saturated heterocycles. The highest BCUT2D eigenvalue weighted by atomic mass is 32.1. The maximum atomic E-state index is 12.8. The summed E-state index contributed by atoms with van der Waals surface area (Å²) in [6, 6.07) is 8.09. The van der Waals surface area contributed by atoms with E-state index in [4.69, 9.17) is 5.73 Å². The first kappa shape index (κ1) is 14.1. The molecule has 5 heteroatoms. The first-order valence-electron chi connectivity index (χ1n) is 7.14. The Morgan fingerprint density at radius 2 is 2.10 bits per heavy atom. The summed E-state index contributed by atoms with van der Waals surface area (Å²) in [5.74, 6) is 0.0869. The van der Waals surface area contributed by atoms with Gasteiger partial charge in [0.15, 0.2) is 0 Å². The highest BCUT2D eigenvalue weighted by Gasteiger charge is 2.34. The number of rotatable bonds is 4. The smallest absolute Gasteiger partial charge is 0.266 e. The number of anilines is 1. The Hall–Kier alpha value is -1.88. The molecular weight excluding hydrogens is 282 g/mol. The highest BCUT2D eigenvalue weighted by Crippen LogP contribution is 2.32. The van der Waals surface area contributed by atoms with E-state index in [-0.39, 0.29) is 5.91 Å². The number of aromatic nitrogens is 1. The van der Waals surface area contributed by atoms with Gasteiger partial charge in [0.25, 0.3) is 5.91 Å². The largest absolute Gasteiger partial charge is 0.398 e. The van der Waals surface area contributed by atoms with E-state index in [1.54, 1.807) is 0 Å². The fourth-order valence-corrected chi connectivity index (χ4v) is 3.35. The molecule has 1 fully saturated rings. The molecule has 110 valence electrons. The highest BCUT2D eigenvalue weighted by molar-refractivity contribution is 7.13. The van der Waals surface area contributed by atoms with Gasteiger partial charge in [0.2, 0.25) is 0 Å². The lowest BCUT2D eigenvalue weighted by atomic mass is 10.1. The number of nitrogens with zero attached hydrogens (tertiary/aromatic N) is 2. The first-order chi connectivity index (χ1) is 10.1. The van der Waals surface area contributed by atoms with Gasteiger partial charge in [-0.3, -0.25) is 4.79 Å². The van der Waals surface area contributed by atoms with Crippen LogP contribution in [0.1, 0.15) is 38.8 Å². The van der Waals surface area contributed by atoms with Crippen LogP contribution >= 0.6 is 11.3 Å². The minimum absolute atomic E-state index is 0.0869. The zero-order valence-electron chi connectivity index (χ0n) is 12.3. The molecule has 0 bridgehead atoms. The maximum absolute atomic E-state index is 12.8. The monoisotopic (exact) mass is 301 g/mol. The van der Waals surface area contributed by atoms with E-state index in [9.17, 15) is 4.79 Å². The second-order valence-electron chi connectivity index (χ2n) is 5.51. The number of aryl methyl sites for hydroxylation is 2. The van der Waals surface area contributed by atoms with E-state index in [0.717, 1.165) is 39.7 Å². The lowest BCUT2D eigenvalue weighted by Gasteiger charge is -2.23. The Bertz CT molecular complexity index is 676. The fourth-order valence-electron chi connectivity index (χ4n) is 2.47. The van der Waals surface area contributed by atoms with Crippen LogP contribution in [0.5, 0.6) is 0 Å². The van der Waals surface area contributed by atoms with Crippen LogP contribution in [-0.2, 0) is 6.54 Å². The number of para-hydroxylation sites is 1. The molecule has 1 amide bonds. The molecule has 0 unspecified atom stereocenters. The third kappa shape index (κ3) is 2.93. The van der Waals surface area contributed by atoms with Gasteiger partial charge < -0.3 is 10.6 Å². The Kier molecular flexibility index (Phi) is 3.68. The predicted octanol–water partition coefficient (Wildman–Crippen LogP) is 3.15. The van der Waals surface area contributed by atoms with Crippen LogP contribution in [0, 0.1) is 13.8 Å². The lowest BCUT2D eigenvalue weighted by Crippen LogP contribution is -2.32. The number of amides is 1. The van der Waals surface area contributed by atoms with Crippen molar-refractivity contribution in [2.24, 2.45) is 0 Å². The summed E-state index contributed by atoms with van der Waals surface area (Å²) in [6.07, 6.45) is 2.16. The quantitative estimate of drug-likeness (QED) is 0.883. The molecule has 1 saturated carbocycles. The minimum atomic E-state index is 0.0869. The minimum Gasteiger partial charge on any atom is -0.398 e. The van der Waals surface area contributed by atoms with Crippen molar-refractivity contribution in [3.8, 4) is 0 Å². The molecule has 2 aromatic rings. The Morgan fingerprint density at radius 1 is 1.38 bits per heavy atom. The predicted molar refractivity (Wildman–Crippen MR) is 85.3 cm³/mol.